The van der Waals surface area contributed by atoms with E-state index in [1.807, 2.05) is 24.3 Å². The third kappa shape index (κ3) is 3.44. The highest BCUT2D eigenvalue weighted by Gasteiger charge is 2.24. The Kier molecular flexibility index (Phi) is 4.63. The van der Waals surface area contributed by atoms with Gasteiger partial charge < -0.3 is 5.32 Å². The van der Waals surface area contributed by atoms with Gasteiger partial charge in [-0.3, -0.25) is 9.78 Å². The zero-order valence-electron chi connectivity index (χ0n) is 13.1. The fourth-order valence-corrected chi connectivity index (χ4v) is 3.65. The number of aromatic nitrogens is 2. The lowest BCUT2D eigenvalue weighted by Crippen LogP contribution is -2.19. The van der Waals surface area contributed by atoms with Crippen LogP contribution < -0.4 is 5.32 Å². The number of amides is 1. The van der Waals surface area contributed by atoms with E-state index in [4.69, 9.17) is 23.2 Å². The van der Waals surface area contributed by atoms with E-state index in [2.05, 4.69) is 20.3 Å². The molecule has 5 nitrogen and oxygen atoms in total. The van der Waals surface area contributed by atoms with Gasteiger partial charge in [-0.05, 0) is 42.1 Å². The number of nitrogens with one attached hydrogen (secondary N) is 1. The molecule has 3 aromatic rings. The molecule has 0 atom stereocenters. The van der Waals surface area contributed by atoms with Crippen LogP contribution in [0.15, 0.2) is 58.6 Å². The molecule has 0 saturated carbocycles. The SMILES string of the molecule is O=C1N/C(=N/c2c(Cl)cccc2Cl)S/C1=C\c1cnc2ccccc2n1. The predicted molar refractivity (Wildman–Crippen MR) is 107 cm³/mol. The first-order chi connectivity index (χ1) is 12.6. The standard InChI is InChI=1S/C18H10Cl2N4OS/c19-11-4-3-5-12(20)16(11)23-18-24-17(25)15(26-18)8-10-9-21-13-6-1-2-7-14(13)22-10/h1-9H,(H,23,24,25)/b15-8-. The number of carbonyl (C=O) groups excluding carboxylic acids is 1. The van der Waals surface area contributed by atoms with Crippen molar-refractivity contribution in [3.63, 3.8) is 0 Å². The Balaban J connectivity index is 1.65. The highest BCUT2D eigenvalue weighted by molar-refractivity contribution is 8.18. The van der Waals surface area contributed by atoms with Crippen molar-refractivity contribution >= 4 is 68.8 Å². The number of aliphatic imine (C=N–C) groups is 1. The van der Waals surface area contributed by atoms with E-state index in [0.717, 1.165) is 11.0 Å². The highest BCUT2D eigenvalue weighted by atomic mass is 35.5. The number of thioether (sulfide) groups is 1. The molecule has 8 heteroatoms. The number of halogens is 2. The van der Waals surface area contributed by atoms with Gasteiger partial charge >= 0.3 is 0 Å². The maximum absolute atomic E-state index is 12.2. The predicted octanol–water partition coefficient (Wildman–Crippen LogP) is 4.83. The number of rotatable bonds is 2. The number of hydrogen-bond acceptors (Lipinski definition) is 5. The van der Waals surface area contributed by atoms with Gasteiger partial charge in [0.15, 0.2) is 5.17 Å². The highest BCUT2D eigenvalue weighted by Crippen LogP contribution is 2.35. The molecule has 0 aliphatic carbocycles. The molecule has 0 radical (unpaired) electrons. The van der Waals surface area contributed by atoms with Crippen molar-refractivity contribution in [2.24, 2.45) is 4.99 Å². The molecule has 1 aliphatic rings. The molecular formula is C18H10Cl2N4OS. The van der Waals surface area contributed by atoms with Gasteiger partial charge in [0, 0.05) is 0 Å². The minimum atomic E-state index is -0.258. The molecule has 4 rings (SSSR count). The number of fused-ring (bicyclic) bond motifs is 1. The van der Waals surface area contributed by atoms with E-state index < -0.39 is 0 Å². The van der Waals surface area contributed by atoms with Crippen molar-refractivity contribution in [3.05, 3.63) is 69.3 Å². The van der Waals surface area contributed by atoms with Crippen molar-refractivity contribution in [2.45, 2.75) is 0 Å². The van der Waals surface area contributed by atoms with Gasteiger partial charge in [-0.25, -0.2) is 9.98 Å². The molecule has 2 aromatic carbocycles. The van der Waals surface area contributed by atoms with Crippen LogP contribution >= 0.6 is 35.0 Å². The van der Waals surface area contributed by atoms with E-state index in [9.17, 15) is 4.79 Å². The fraction of sp³-hybridized carbons (Fsp3) is 0. The molecule has 1 aliphatic heterocycles. The van der Waals surface area contributed by atoms with Gasteiger partial charge in [-0.15, -0.1) is 0 Å². The van der Waals surface area contributed by atoms with Crippen LogP contribution in [0.2, 0.25) is 10.0 Å². The molecule has 0 spiro atoms. The molecule has 0 bridgehead atoms. The Morgan fingerprint density at radius 1 is 1.04 bits per heavy atom. The number of carbonyl (C=O) groups is 1. The molecule has 128 valence electrons. The lowest BCUT2D eigenvalue weighted by atomic mass is 10.3. The fourth-order valence-electron chi connectivity index (χ4n) is 2.35. The van der Waals surface area contributed by atoms with Gasteiger partial charge in [-0.2, -0.15) is 0 Å². The molecule has 1 aromatic heterocycles. The van der Waals surface area contributed by atoms with E-state index in [1.54, 1.807) is 30.5 Å². The molecule has 1 amide bonds. The van der Waals surface area contributed by atoms with Gasteiger partial charge in [0.2, 0.25) is 0 Å². The Bertz CT molecular complexity index is 1080. The van der Waals surface area contributed by atoms with E-state index >= 15 is 0 Å². The van der Waals surface area contributed by atoms with Crippen LogP contribution in [0.25, 0.3) is 17.1 Å². The molecule has 1 N–H and O–H groups in total. The summed E-state index contributed by atoms with van der Waals surface area (Å²) in [5.74, 6) is -0.258. The smallest absolute Gasteiger partial charge is 0.264 e. The topological polar surface area (TPSA) is 67.2 Å². The first-order valence-electron chi connectivity index (χ1n) is 7.55. The second-order valence-corrected chi connectivity index (χ2v) is 7.18. The van der Waals surface area contributed by atoms with Gasteiger partial charge in [0.05, 0.1) is 37.9 Å². The number of nitrogens with zero attached hydrogens (tertiary/aromatic N) is 3. The number of para-hydroxylation sites is 3. The minimum absolute atomic E-state index is 0.258. The number of benzene rings is 2. The lowest BCUT2D eigenvalue weighted by Gasteiger charge is -2.01. The molecule has 1 saturated heterocycles. The molecule has 1 fully saturated rings. The van der Waals surface area contributed by atoms with Crippen LogP contribution in [0.1, 0.15) is 5.69 Å². The number of hydrogen-bond donors (Lipinski definition) is 1. The normalized spacial score (nSPS) is 17.2. The Morgan fingerprint density at radius 2 is 1.77 bits per heavy atom. The van der Waals surface area contributed by atoms with E-state index in [-0.39, 0.29) is 5.91 Å². The Morgan fingerprint density at radius 3 is 2.54 bits per heavy atom. The Hall–Kier alpha value is -2.41. The summed E-state index contributed by atoms with van der Waals surface area (Å²) in [7, 11) is 0. The average Bonchev–Trinajstić information content (AvgIpc) is 2.97. The molecule has 2 heterocycles. The van der Waals surface area contributed by atoms with Crippen molar-refractivity contribution in [1.29, 1.82) is 0 Å². The molecule has 0 unspecified atom stereocenters. The maximum Gasteiger partial charge on any atom is 0.264 e. The average molecular weight is 401 g/mol. The second kappa shape index (κ2) is 7.07. The van der Waals surface area contributed by atoms with Crippen LogP contribution in [-0.2, 0) is 4.79 Å². The zero-order chi connectivity index (χ0) is 18.1. The van der Waals surface area contributed by atoms with Crippen LogP contribution in [0.4, 0.5) is 5.69 Å². The van der Waals surface area contributed by atoms with Crippen LogP contribution in [-0.4, -0.2) is 21.0 Å². The van der Waals surface area contributed by atoms with Gasteiger partial charge in [0.25, 0.3) is 5.91 Å². The van der Waals surface area contributed by atoms with Crippen LogP contribution in [0.3, 0.4) is 0 Å². The van der Waals surface area contributed by atoms with Crippen molar-refractivity contribution in [1.82, 2.24) is 15.3 Å². The molecule has 26 heavy (non-hydrogen) atoms. The Labute approximate surface area is 163 Å². The summed E-state index contributed by atoms with van der Waals surface area (Å²) in [5.41, 5.74) is 2.58. The van der Waals surface area contributed by atoms with Crippen molar-refractivity contribution < 1.29 is 4.79 Å². The summed E-state index contributed by atoms with van der Waals surface area (Å²) in [5, 5.41) is 3.94. The third-order valence-corrected chi connectivity index (χ3v) is 5.07. The second-order valence-electron chi connectivity index (χ2n) is 5.34. The summed E-state index contributed by atoms with van der Waals surface area (Å²) < 4.78 is 0. The van der Waals surface area contributed by atoms with Crippen molar-refractivity contribution in [2.75, 3.05) is 0 Å². The monoisotopic (exact) mass is 400 g/mol. The minimum Gasteiger partial charge on any atom is -0.300 e. The molecular weight excluding hydrogens is 391 g/mol. The maximum atomic E-state index is 12.2. The van der Waals surface area contributed by atoms with Crippen molar-refractivity contribution in [3.8, 4) is 0 Å². The summed E-state index contributed by atoms with van der Waals surface area (Å²) in [6.45, 7) is 0. The van der Waals surface area contributed by atoms with Gasteiger partial charge in [0.1, 0.15) is 5.69 Å². The lowest BCUT2D eigenvalue weighted by molar-refractivity contribution is -0.115. The zero-order valence-corrected chi connectivity index (χ0v) is 15.4. The van der Waals surface area contributed by atoms with Gasteiger partial charge in [-0.1, -0.05) is 41.4 Å². The first kappa shape index (κ1) is 17.0. The third-order valence-electron chi connectivity index (χ3n) is 3.55. The largest absolute Gasteiger partial charge is 0.300 e. The first-order valence-corrected chi connectivity index (χ1v) is 9.13. The quantitative estimate of drug-likeness (QED) is 0.625. The summed E-state index contributed by atoms with van der Waals surface area (Å²) in [4.78, 5) is 25.9. The van der Waals surface area contributed by atoms with Crippen LogP contribution in [0, 0.1) is 0 Å². The number of amidine groups is 1. The summed E-state index contributed by atoms with van der Waals surface area (Å²) in [6, 6.07) is 12.7. The van der Waals surface area contributed by atoms with E-state index in [1.165, 1.54) is 11.8 Å². The van der Waals surface area contributed by atoms with E-state index in [0.29, 0.717) is 31.5 Å². The summed E-state index contributed by atoms with van der Waals surface area (Å²) >= 11 is 13.4. The summed E-state index contributed by atoms with van der Waals surface area (Å²) in [6.07, 6.45) is 3.30. The van der Waals surface area contributed by atoms with Crippen LogP contribution in [0.5, 0.6) is 0 Å².